The summed E-state index contributed by atoms with van der Waals surface area (Å²) in [4.78, 5) is 33.8. The number of aryl methyl sites for hydroxylation is 2. The fraction of sp³-hybridized carbons (Fsp3) is 0.0714. The quantitative estimate of drug-likeness (QED) is 0.260. The van der Waals surface area contributed by atoms with E-state index in [1.807, 2.05) is 62.4 Å². The summed E-state index contributed by atoms with van der Waals surface area (Å²) in [6.45, 7) is 3.87. The van der Waals surface area contributed by atoms with Gasteiger partial charge in [-0.05, 0) is 62.4 Å². The van der Waals surface area contributed by atoms with Gasteiger partial charge in [-0.25, -0.2) is 14.8 Å². The molecule has 178 valence electrons. The van der Waals surface area contributed by atoms with E-state index in [0.717, 1.165) is 11.4 Å². The predicted molar refractivity (Wildman–Crippen MR) is 141 cm³/mol. The van der Waals surface area contributed by atoms with Crippen molar-refractivity contribution in [2.75, 3.05) is 16.0 Å². The van der Waals surface area contributed by atoms with E-state index < -0.39 is 11.5 Å². The molecule has 0 saturated carbocycles. The minimum absolute atomic E-state index is 0.0547. The molecule has 8 heteroatoms. The number of anilines is 5. The first kappa shape index (κ1) is 22.8. The molecule has 1 amide bonds. The first-order valence-corrected chi connectivity index (χ1v) is 11.3. The van der Waals surface area contributed by atoms with Gasteiger partial charge in [0.1, 0.15) is 28.6 Å². The number of nitrogens with one attached hydrogen (secondary N) is 3. The first-order valence-electron chi connectivity index (χ1n) is 11.3. The van der Waals surface area contributed by atoms with E-state index in [4.69, 9.17) is 4.42 Å². The van der Waals surface area contributed by atoms with Crippen molar-refractivity contribution < 1.29 is 9.21 Å². The number of hydrogen-bond acceptors (Lipinski definition) is 7. The van der Waals surface area contributed by atoms with Crippen LogP contribution in [0, 0.1) is 13.8 Å². The summed E-state index contributed by atoms with van der Waals surface area (Å²) in [6.07, 6.45) is 0. The number of carbonyl (C=O) groups is 1. The minimum Gasteiger partial charge on any atom is -0.422 e. The molecule has 3 N–H and O–H groups in total. The van der Waals surface area contributed by atoms with Crippen LogP contribution in [-0.4, -0.2) is 15.9 Å². The number of hydrogen-bond donors (Lipinski definition) is 3. The van der Waals surface area contributed by atoms with Gasteiger partial charge in [-0.1, -0.05) is 35.9 Å². The van der Waals surface area contributed by atoms with Gasteiger partial charge in [-0.2, -0.15) is 0 Å². The van der Waals surface area contributed by atoms with Crippen LogP contribution < -0.4 is 21.6 Å². The minimum atomic E-state index is -0.682. The zero-order valence-electron chi connectivity index (χ0n) is 19.7. The molecule has 3 aromatic carbocycles. The van der Waals surface area contributed by atoms with Crippen LogP contribution in [0.4, 0.5) is 28.7 Å². The maximum absolute atomic E-state index is 12.7. The van der Waals surface area contributed by atoms with Crippen LogP contribution in [-0.2, 0) is 0 Å². The van der Waals surface area contributed by atoms with Gasteiger partial charge in [0.15, 0.2) is 0 Å². The molecule has 0 saturated heterocycles. The second kappa shape index (κ2) is 9.71. The van der Waals surface area contributed by atoms with Crippen molar-refractivity contribution in [3.63, 3.8) is 0 Å². The van der Waals surface area contributed by atoms with Gasteiger partial charge in [-0.15, -0.1) is 0 Å². The maximum atomic E-state index is 12.7. The van der Waals surface area contributed by atoms with E-state index in [0.29, 0.717) is 34.1 Å². The molecule has 0 aliphatic rings. The van der Waals surface area contributed by atoms with Crippen molar-refractivity contribution in [1.29, 1.82) is 0 Å². The first-order chi connectivity index (χ1) is 17.4. The fourth-order valence-electron chi connectivity index (χ4n) is 3.68. The molecule has 5 rings (SSSR count). The normalized spacial score (nSPS) is 10.7. The Kier molecular flexibility index (Phi) is 6.15. The van der Waals surface area contributed by atoms with E-state index >= 15 is 0 Å². The summed E-state index contributed by atoms with van der Waals surface area (Å²) in [5.74, 6) is 1.38. The molecule has 2 aromatic heterocycles. The smallest absolute Gasteiger partial charge is 0.349 e. The van der Waals surface area contributed by atoms with Crippen LogP contribution >= 0.6 is 0 Å². The molecule has 0 aliphatic heterocycles. The van der Waals surface area contributed by atoms with Crippen LogP contribution in [0.3, 0.4) is 0 Å². The van der Waals surface area contributed by atoms with Crippen LogP contribution in [0.25, 0.3) is 11.0 Å². The molecule has 0 unspecified atom stereocenters. The third-order valence-corrected chi connectivity index (χ3v) is 5.46. The van der Waals surface area contributed by atoms with E-state index in [1.54, 1.807) is 30.3 Å². The number of rotatable bonds is 6. The summed E-state index contributed by atoms with van der Waals surface area (Å²) >= 11 is 0. The molecule has 0 atom stereocenters. The molecule has 0 fully saturated rings. The van der Waals surface area contributed by atoms with Gasteiger partial charge in [0.2, 0.25) is 0 Å². The van der Waals surface area contributed by atoms with Crippen molar-refractivity contribution in [2.45, 2.75) is 13.8 Å². The average molecular weight is 478 g/mol. The predicted octanol–water partition coefficient (Wildman–Crippen LogP) is 5.94. The lowest BCUT2D eigenvalue weighted by atomic mass is 10.1. The topological polar surface area (TPSA) is 109 Å². The monoisotopic (exact) mass is 477 g/mol. The standard InChI is InChI=1S/C28H23N5O3/c1-17-7-9-20(10-8-17)31-25-16-26(30-18(2)29-25)32-21-11-13-22(14-12-21)33-27(34)23-15-19-5-3-4-6-24(19)36-28(23)35/h3-16H,1-2H3,(H,33,34)(H2,29,30,31,32). The molecule has 0 radical (unpaired) electrons. The zero-order chi connectivity index (χ0) is 25.1. The van der Waals surface area contributed by atoms with Gasteiger partial charge >= 0.3 is 5.63 Å². The Labute approximate surface area is 207 Å². The molecule has 0 bridgehead atoms. The van der Waals surface area contributed by atoms with Crippen molar-refractivity contribution in [3.05, 3.63) is 112 Å². The highest BCUT2D eigenvalue weighted by Gasteiger charge is 2.14. The number of nitrogens with zero attached hydrogens (tertiary/aromatic N) is 2. The third-order valence-electron chi connectivity index (χ3n) is 5.46. The van der Waals surface area contributed by atoms with Crippen molar-refractivity contribution >= 4 is 45.6 Å². The number of amides is 1. The van der Waals surface area contributed by atoms with Crippen molar-refractivity contribution in [2.24, 2.45) is 0 Å². The summed E-state index contributed by atoms with van der Waals surface area (Å²) in [5.41, 5.74) is 3.13. The molecular formula is C28H23N5O3. The van der Waals surface area contributed by atoms with Gasteiger partial charge in [-0.3, -0.25) is 4.79 Å². The summed E-state index contributed by atoms with van der Waals surface area (Å²) in [6, 6.07) is 25.6. The molecule has 5 aromatic rings. The Bertz CT molecular complexity index is 1610. The molecular weight excluding hydrogens is 454 g/mol. The van der Waals surface area contributed by atoms with Crippen LogP contribution in [0.2, 0.25) is 0 Å². The highest BCUT2D eigenvalue weighted by atomic mass is 16.4. The van der Waals surface area contributed by atoms with Gasteiger partial charge < -0.3 is 20.4 Å². The second-order valence-corrected chi connectivity index (χ2v) is 8.32. The van der Waals surface area contributed by atoms with E-state index in [2.05, 4.69) is 25.9 Å². The Hall–Kier alpha value is -4.98. The molecule has 36 heavy (non-hydrogen) atoms. The highest BCUT2D eigenvalue weighted by Crippen LogP contribution is 2.22. The molecule has 8 nitrogen and oxygen atoms in total. The lowest BCUT2D eigenvalue weighted by Gasteiger charge is -2.11. The largest absolute Gasteiger partial charge is 0.422 e. The van der Waals surface area contributed by atoms with E-state index in [-0.39, 0.29) is 5.56 Å². The van der Waals surface area contributed by atoms with Gasteiger partial charge in [0, 0.05) is 28.5 Å². The third kappa shape index (κ3) is 5.23. The maximum Gasteiger partial charge on any atom is 0.349 e. The van der Waals surface area contributed by atoms with Crippen molar-refractivity contribution in [3.8, 4) is 0 Å². The Morgan fingerprint density at radius 2 is 1.33 bits per heavy atom. The van der Waals surface area contributed by atoms with Crippen LogP contribution in [0.1, 0.15) is 21.7 Å². The molecule has 2 heterocycles. The number of para-hydroxylation sites is 1. The summed E-state index contributed by atoms with van der Waals surface area (Å²) < 4.78 is 5.26. The van der Waals surface area contributed by atoms with E-state index in [1.165, 1.54) is 11.6 Å². The Morgan fingerprint density at radius 3 is 2.00 bits per heavy atom. The molecule has 0 aliphatic carbocycles. The zero-order valence-corrected chi connectivity index (χ0v) is 19.7. The van der Waals surface area contributed by atoms with Gasteiger partial charge in [0.05, 0.1) is 0 Å². The van der Waals surface area contributed by atoms with E-state index in [9.17, 15) is 9.59 Å². The number of aromatic nitrogens is 2. The van der Waals surface area contributed by atoms with Gasteiger partial charge in [0.25, 0.3) is 5.91 Å². The second-order valence-electron chi connectivity index (χ2n) is 8.32. The van der Waals surface area contributed by atoms with Crippen LogP contribution in [0.15, 0.2) is 94.1 Å². The lowest BCUT2D eigenvalue weighted by molar-refractivity contribution is 0.102. The highest BCUT2D eigenvalue weighted by molar-refractivity contribution is 6.05. The molecule has 0 spiro atoms. The lowest BCUT2D eigenvalue weighted by Crippen LogP contribution is -2.20. The average Bonchev–Trinajstić information content (AvgIpc) is 2.86. The Morgan fingerprint density at radius 1 is 0.750 bits per heavy atom. The van der Waals surface area contributed by atoms with Crippen molar-refractivity contribution in [1.82, 2.24) is 9.97 Å². The number of carbonyl (C=O) groups excluding carboxylic acids is 1. The number of fused-ring (bicyclic) bond motifs is 1. The summed E-state index contributed by atoms with van der Waals surface area (Å²) in [7, 11) is 0. The van der Waals surface area contributed by atoms with Crippen LogP contribution in [0.5, 0.6) is 0 Å². The number of benzene rings is 3. The Balaban J connectivity index is 1.28. The fourth-order valence-corrected chi connectivity index (χ4v) is 3.68. The summed E-state index contributed by atoms with van der Waals surface area (Å²) in [5, 5.41) is 9.96. The SMILES string of the molecule is Cc1ccc(Nc2cc(Nc3ccc(NC(=O)c4cc5ccccc5oc4=O)cc3)nc(C)n2)cc1.